The highest BCUT2D eigenvalue weighted by atomic mass is 35.5. The van der Waals surface area contributed by atoms with Gasteiger partial charge in [0.2, 0.25) is 10.0 Å². The molecular formula is C19H27ClN2O3S. The van der Waals surface area contributed by atoms with E-state index in [-0.39, 0.29) is 5.75 Å². The van der Waals surface area contributed by atoms with Crippen molar-refractivity contribution in [2.45, 2.75) is 31.1 Å². The van der Waals surface area contributed by atoms with E-state index in [2.05, 4.69) is 4.90 Å². The average molecular weight is 399 g/mol. The fourth-order valence-corrected chi connectivity index (χ4v) is 6.91. The highest BCUT2D eigenvalue weighted by Gasteiger charge is 2.45. The number of nitrogens with zero attached hydrogens (tertiary/aromatic N) is 2. The number of fused-ring (bicyclic) bond motifs is 2. The monoisotopic (exact) mass is 398 g/mol. The third-order valence-electron chi connectivity index (χ3n) is 6.15. The minimum atomic E-state index is -3.35. The van der Waals surface area contributed by atoms with Gasteiger partial charge in [-0.15, -0.1) is 0 Å². The van der Waals surface area contributed by atoms with Gasteiger partial charge in [0.15, 0.2) is 0 Å². The molecule has 144 valence electrons. The number of hydrogen-bond acceptors (Lipinski definition) is 4. The summed E-state index contributed by atoms with van der Waals surface area (Å²) in [6, 6.07) is 7.75. The summed E-state index contributed by atoms with van der Waals surface area (Å²) in [7, 11) is -3.35. The van der Waals surface area contributed by atoms with Crippen LogP contribution in [0, 0.1) is 11.8 Å². The molecule has 2 heterocycles. The van der Waals surface area contributed by atoms with Crippen molar-refractivity contribution in [1.29, 1.82) is 0 Å². The maximum atomic E-state index is 13.1. The minimum Gasteiger partial charge on any atom is -0.379 e. The van der Waals surface area contributed by atoms with Gasteiger partial charge in [-0.1, -0.05) is 36.2 Å². The fraction of sp³-hybridized carbons (Fsp3) is 0.684. The second-order valence-corrected chi connectivity index (χ2v) is 10.1. The van der Waals surface area contributed by atoms with E-state index in [1.807, 2.05) is 12.1 Å². The Morgan fingerprint density at radius 1 is 1.08 bits per heavy atom. The van der Waals surface area contributed by atoms with Crippen molar-refractivity contribution in [1.82, 2.24) is 9.21 Å². The van der Waals surface area contributed by atoms with Crippen LogP contribution in [0.25, 0.3) is 0 Å². The summed E-state index contributed by atoms with van der Waals surface area (Å²) in [5, 5.41) is 0.527. The van der Waals surface area contributed by atoms with Crippen molar-refractivity contribution in [2.75, 3.05) is 39.4 Å². The van der Waals surface area contributed by atoms with Gasteiger partial charge in [-0.3, -0.25) is 4.90 Å². The van der Waals surface area contributed by atoms with Gasteiger partial charge in [0.1, 0.15) is 0 Å². The van der Waals surface area contributed by atoms with Crippen LogP contribution in [-0.4, -0.2) is 63.1 Å². The molecule has 3 fully saturated rings. The predicted molar refractivity (Wildman–Crippen MR) is 103 cm³/mol. The molecular weight excluding hydrogens is 372 g/mol. The smallest absolute Gasteiger partial charge is 0.218 e. The van der Waals surface area contributed by atoms with Crippen molar-refractivity contribution in [3.63, 3.8) is 0 Å². The summed E-state index contributed by atoms with van der Waals surface area (Å²) < 4.78 is 33.4. The second kappa shape index (κ2) is 7.76. The Labute approximate surface area is 161 Å². The van der Waals surface area contributed by atoms with Crippen molar-refractivity contribution >= 4 is 21.6 Å². The Balaban J connectivity index is 1.50. The van der Waals surface area contributed by atoms with Crippen LogP contribution >= 0.6 is 11.6 Å². The number of hydrogen-bond donors (Lipinski definition) is 0. The number of sulfonamides is 1. The number of ether oxygens (including phenoxy) is 1. The summed E-state index contributed by atoms with van der Waals surface area (Å²) in [5.41, 5.74) is 0.689. The molecule has 1 saturated carbocycles. The van der Waals surface area contributed by atoms with E-state index in [9.17, 15) is 8.42 Å². The van der Waals surface area contributed by atoms with Crippen LogP contribution in [0.3, 0.4) is 0 Å². The Morgan fingerprint density at radius 2 is 1.73 bits per heavy atom. The highest BCUT2D eigenvalue weighted by molar-refractivity contribution is 7.88. The number of rotatable bonds is 4. The number of benzene rings is 1. The lowest BCUT2D eigenvalue weighted by molar-refractivity contribution is -0.0480. The first-order valence-corrected chi connectivity index (χ1v) is 11.6. The Hall–Kier alpha value is -0.660. The SMILES string of the molecule is O=S(=O)(Cc1ccccc1Cl)N1C[C@H]2CCC[C@H](C1)C2N1CCOCC1. The van der Waals surface area contributed by atoms with Crippen LogP contribution in [0.1, 0.15) is 24.8 Å². The third-order valence-corrected chi connectivity index (χ3v) is 8.28. The van der Waals surface area contributed by atoms with Crippen LogP contribution in [-0.2, 0) is 20.5 Å². The van der Waals surface area contributed by atoms with Gasteiger partial charge in [-0.2, -0.15) is 0 Å². The first-order valence-electron chi connectivity index (χ1n) is 9.57. The molecule has 2 atom stereocenters. The summed E-state index contributed by atoms with van der Waals surface area (Å²) in [4.78, 5) is 2.55. The first-order chi connectivity index (χ1) is 12.5. The predicted octanol–water partition coefficient (Wildman–Crippen LogP) is 2.60. The standard InChI is InChI=1S/C19H27ClN2O3S/c20-18-7-2-1-4-17(18)14-26(23,24)22-12-15-5-3-6-16(13-22)19(15)21-8-10-25-11-9-21/h1-2,4,7,15-16,19H,3,5-6,8-14H2/t15-,16-/m1/s1. The molecule has 0 radical (unpaired) electrons. The van der Waals surface area contributed by atoms with E-state index in [1.165, 1.54) is 6.42 Å². The van der Waals surface area contributed by atoms with Crippen LogP contribution in [0.4, 0.5) is 0 Å². The van der Waals surface area contributed by atoms with Crippen LogP contribution in [0.15, 0.2) is 24.3 Å². The lowest BCUT2D eigenvalue weighted by Gasteiger charge is -2.51. The molecule has 5 nitrogen and oxygen atoms in total. The van der Waals surface area contributed by atoms with Crippen molar-refractivity contribution in [3.05, 3.63) is 34.9 Å². The van der Waals surface area contributed by atoms with Gasteiger partial charge in [0.25, 0.3) is 0 Å². The minimum absolute atomic E-state index is 0.00562. The molecule has 2 bridgehead atoms. The number of halogens is 1. The molecule has 7 heteroatoms. The summed E-state index contributed by atoms with van der Waals surface area (Å²) >= 11 is 6.19. The van der Waals surface area contributed by atoms with E-state index in [1.54, 1.807) is 16.4 Å². The second-order valence-electron chi connectivity index (χ2n) is 7.75. The molecule has 1 aliphatic carbocycles. The summed E-state index contributed by atoms with van der Waals surface area (Å²) in [5.74, 6) is 0.858. The Morgan fingerprint density at radius 3 is 2.38 bits per heavy atom. The largest absolute Gasteiger partial charge is 0.379 e. The van der Waals surface area contributed by atoms with E-state index in [0.29, 0.717) is 41.6 Å². The molecule has 1 aromatic rings. The normalized spacial score (nSPS) is 31.0. The third kappa shape index (κ3) is 3.80. The highest BCUT2D eigenvalue weighted by Crippen LogP contribution is 2.39. The fourth-order valence-electron chi connectivity index (χ4n) is 4.97. The molecule has 0 aromatic heterocycles. The van der Waals surface area contributed by atoms with Crippen molar-refractivity contribution in [2.24, 2.45) is 11.8 Å². The van der Waals surface area contributed by atoms with E-state index >= 15 is 0 Å². The van der Waals surface area contributed by atoms with Gasteiger partial charge >= 0.3 is 0 Å². The lowest BCUT2D eigenvalue weighted by Crippen LogP contribution is -2.61. The van der Waals surface area contributed by atoms with Gasteiger partial charge in [0.05, 0.1) is 19.0 Å². The zero-order valence-corrected chi connectivity index (χ0v) is 16.6. The summed E-state index contributed by atoms with van der Waals surface area (Å²) in [6.45, 7) is 4.83. The average Bonchev–Trinajstić information content (AvgIpc) is 2.63. The summed E-state index contributed by atoms with van der Waals surface area (Å²) in [6.07, 6.45) is 3.46. The molecule has 26 heavy (non-hydrogen) atoms. The van der Waals surface area contributed by atoms with Crippen LogP contribution in [0.2, 0.25) is 5.02 Å². The van der Waals surface area contributed by atoms with Gasteiger partial charge in [0, 0.05) is 37.2 Å². The molecule has 4 rings (SSSR count). The maximum absolute atomic E-state index is 13.1. The molecule has 1 aromatic carbocycles. The molecule has 0 amide bonds. The molecule has 0 N–H and O–H groups in total. The molecule has 0 spiro atoms. The molecule has 2 saturated heterocycles. The number of morpholine rings is 1. The van der Waals surface area contributed by atoms with Gasteiger partial charge < -0.3 is 4.74 Å². The first kappa shape index (κ1) is 18.7. The van der Waals surface area contributed by atoms with Gasteiger partial charge in [-0.25, -0.2) is 12.7 Å². The zero-order valence-electron chi connectivity index (χ0n) is 15.0. The lowest BCUT2D eigenvalue weighted by atomic mass is 9.73. The zero-order chi connectivity index (χ0) is 18.1. The van der Waals surface area contributed by atoms with E-state index in [4.69, 9.17) is 16.3 Å². The maximum Gasteiger partial charge on any atom is 0.218 e. The van der Waals surface area contributed by atoms with E-state index in [0.717, 1.165) is 39.1 Å². The van der Waals surface area contributed by atoms with Crippen LogP contribution < -0.4 is 0 Å². The molecule has 0 unspecified atom stereocenters. The topological polar surface area (TPSA) is 49.9 Å². The van der Waals surface area contributed by atoms with E-state index < -0.39 is 10.0 Å². The Kier molecular flexibility index (Phi) is 5.58. The van der Waals surface area contributed by atoms with Crippen LogP contribution in [0.5, 0.6) is 0 Å². The molecule has 3 aliphatic rings. The Bertz CT molecular complexity index is 722. The quantitative estimate of drug-likeness (QED) is 0.782. The van der Waals surface area contributed by atoms with Gasteiger partial charge in [-0.05, 0) is 36.3 Å². The van der Waals surface area contributed by atoms with Crippen molar-refractivity contribution in [3.8, 4) is 0 Å². The van der Waals surface area contributed by atoms with Crippen molar-refractivity contribution < 1.29 is 13.2 Å². The number of piperidine rings is 1. The molecule has 2 aliphatic heterocycles.